The number of piperazine rings is 1. The van der Waals surface area contributed by atoms with Crippen LogP contribution in [0.25, 0.3) is 0 Å². The van der Waals surface area contributed by atoms with Gasteiger partial charge in [0.2, 0.25) is 10.0 Å². The number of hydrogen-bond donors (Lipinski definition) is 0. The Bertz CT molecular complexity index is 886. The van der Waals surface area contributed by atoms with Crippen molar-refractivity contribution in [1.29, 1.82) is 0 Å². The van der Waals surface area contributed by atoms with Gasteiger partial charge in [-0.15, -0.1) is 0 Å². The fraction of sp³-hybridized carbons (Fsp3) is 0.619. The van der Waals surface area contributed by atoms with Gasteiger partial charge in [0.05, 0.1) is 24.7 Å². The maximum Gasteiger partial charge on any atom is 0.410 e. The van der Waals surface area contributed by atoms with E-state index in [4.69, 9.17) is 14.2 Å². The van der Waals surface area contributed by atoms with Crippen LogP contribution in [-0.4, -0.2) is 81.6 Å². The first-order valence-corrected chi connectivity index (χ1v) is 11.5. The Kier molecular flexibility index (Phi) is 8.07. The summed E-state index contributed by atoms with van der Waals surface area (Å²) in [4.78, 5) is 24.9. The maximum atomic E-state index is 13.6. The molecule has 1 unspecified atom stereocenters. The summed E-state index contributed by atoms with van der Waals surface area (Å²) in [6, 6.07) is 2.69. The molecule has 0 bridgehead atoms. The number of hydrogen-bond acceptors (Lipinski definition) is 7. The van der Waals surface area contributed by atoms with Crippen molar-refractivity contribution in [3.8, 4) is 5.75 Å². The van der Waals surface area contributed by atoms with Crippen molar-refractivity contribution in [2.24, 2.45) is 0 Å². The SMILES string of the molecule is COc1cc(C)c(S(=O)(=O)N2CCN(C(=O)OC(C)(C)C)CC2COCC=O)c(C)c1. The third kappa shape index (κ3) is 6.18. The van der Waals surface area contributed by atoms with E-state index in [1.807, 2.05) is 0 Å². The summed E-state index contributed by atoms with van der Waals surface area (Å²) in [5, 5.41) is 0. The molecule has 1 aromatic rings. The van der Waals surface area contributed by atoms with Gasteiger partial charge in [-0.25, -0.2) is 13.2 Å². The summed E-state index contributed by atoms with van der Waals surface area (Å²) in [6.07, 6.45) is 0.0900. The summed E-state index contributed by atoms with van der Waals surface area (Å²) in [6.45, 7) is 8.94. The van der Waals surface area contributed by atoms with Crippen molar-refractivity contribution >= 4 is 22.4 Å². The molecule has 1 aliphatic rings. The minimum absolute atomic E-state index is 0.0223. The number of methoxy groups -OCH3 is 1. The van der Waals surface area contributed by atoms with Crippen LogP contribution in [0.3, 0.4) is 0 Å². The standard InChI is InChI=1S/C21H32N2O7S/c1-15-11-18(28-6)12-16(2)19(15)31(26,27)23-8-7-22(20(25)30-21(3,4)5)13-17(23)14-29-10-9-24/h9,11-12,17H,7-8,10,13-14H2,1-6H3. The Labute approximate surface area is 184 Å². The second kappa shape index (κ2) is 9.97. The van der Waals surface area contributed by atoms with Gasteiger partial charge in [-0.05, 0) is 57.9 Å². The van der Waals surface area contributed by atoms with Crippen molar-refractivity contribution in [2.75, 3.05) is 40.0 Å². The third-order valence-corrected chi connectivity index (χ3v) is 7.07. The third-order valence-electron chi connectivity index (χ3n) is 4.81. The molecular formula is C21H32N2O7S. The van der Waals surface area contributed by atoms with Crippen LogP contribution >= 0.6 is 0 Å². The minimum atomic E-state index is -3.89. The van der Waals surface area contributed by atoms with E-state index in [1.54, 1.807) is 46.8 Å². The van der Waals surface area contributed by atoms with E-state index in [2.05, 4.69) is 0 Å². The number of amides is 1. The summed E-state index contributed by atoms with van der Waals surface area (Å²) >= 11 is 0. The highest BCUT2D eigenvalue weighted by Crippen LogP contribution is 2.30. The number of ether oxygens (including phenoxy) is 3. The van der Waals surface area contributed by atoms with E-state index in [9.17, 15) is 18.0 Å². The van der Waals surface area contributed by atoms with E-state index in [1.165, 1.54) is 16.3 Å². The quantitative estimate of drug-likeness (QED) is 0.457. The van der Waals surface area contributed by atoms with Gasteiger partial charge >= 0.3 is 6.09 Å². The van der Waals surface area contributed by atoms with Crippen LogP contribution < -0.4 is 4.74 Å². The monoisotopic (exact) mass is 456 g/mol. The zero-order valence-corrected chi connectivity index (χ0v) is 19.8. The van der Waals surface area contributed by atoms with Crippen LogP contribution in [0.5, 0.6) is 5.75 Å². The lowest BCUT2D eigenvalue weighted by Gasteiger charge is -2.40. The Morgan fingerprint density at radius 1 is 1.19 bits per heavy atom. The molecule has 1 heterocycles. The van der Waals surface area contributed by atoms with E-state index in [0.29, 0.717) is 23.2 Å². The average molecular weight is 457 g/mol. The molecule has 2 rings (SSSR count). The van der Waals surface area contributed by atoms with Crippen LogP contribution in [0.4, 0.5) is 4.79 Å². The van der Waals surface area contributed by atoms with Crippen molar-refractivity contribution in [3.05, 3.63) is 23.3 Å². The number of carbonyl (C=O) groups is 2. The fourth-order valence-electron chi connectivity index (χ4n) is 3.59. The first-order valence-electron chi connectivity index (χ1n) is 10.1. The summed E-state index contributed by atoms with van der Waals surface area (Å²) in [5.41, 5.74) is 0.471. The molecule has 1 aromatic carbocycles. The topological polar surface area (TPSA) is 102 Å². The lowest BCUT2D eigenvalue weighted by Crippen LogP contribution is -2.58. The molecule has 0 aliphatic carbocycles. The van der Waals surface area contributed by atoms with Crippen LogP contribution in [-0.2, 0) is 24.3 Å². The zero-order valence-electron chi connectivity index (χ0n) is 19.0. The molecule has 31 heavy (non-hydrogen) atoms. The molecule has 0 spiro atoms. The predicted octanol–water partition coefficient (Wildman–Crippen LogP) is 2.14. The number of aldehydes is 1. The van der Waals surface area contributed by atoms with Gasteiger partial charge < -0.3 is 23.9 Å². The molecule has 0 saturated carbocycles. The number of rotatable bonds is 7. The van der Waals surface area contributed by atoms with Gasteiger partial charge in [0, 0.05) is 19.6 Å². The van der Waals surface area contributed by atoms with Crippen molar-refractivity contribution < 1.29 is 32.2 Å². The van der Waals surface area contributed by atoms with Crippen LogP contribution in [0.15, 0.2) is 17.0 Å². The number of aryl methyl sites for hydroxylation is 2. The van der Waals surface area contributed by atoms with Gasteiger partial charge in [-0.2, -0.15) is 4.31 Å². The van der Waals surface area contributed by atoms with Gasteiger partial charge in [-0.3, -0.25) is 0 Å². The first kappa shape index (κ1) is 25.1. The van der Waals surface area contributed by atoms with Crippen molar-refractivity contribution in [3.63, 3.8) is 0 Å². The number of sulfonamides is 1. The second-order valence-corrected chi connectivity index (χ2v) is 10.3. The van der Waals surface area contributed by atoms with Gasteiger partial charge in [-0.1, -0.05) is 0 Å². The molecule has 9 nitrogen and oxygen atoms in total. The van der Waals surface area contributed by atoms with Gasteiger partial charge in [0.1, 0.15) is 24.2 Å². The highest BCUT2D eigenvalue weighted by molar-refractivity contribution is 7.89. The average Bonchev–Trinajstić information content (AvgIpc) is 2.65. The Morgan fingerprint density at radius 3 is 2.32 bits per heavy atom. The molecule has 0 aromatic heterocycles. The number of nitrogens with zero attached hydrogens (tertiary/aromatic N) is 2. The number of benzene rings is 1. The zero-order chi connectivity index (χ0) is 23.4. The number of carbonyl (C=O) groups excluding carboxylic acids is 2. The molecule has 10 heteroatoms. The summed E-state index contributed by atoms with van der Waals surface area (Å²) in [7, 11) is -2.36. The molecule has 0 N–H and O–H groups in total. The lowest BCUT2D eigenvalue weighted by atomic mass is 10.1. The normalized spacial score (nSPS) is 18.0. The highest BCUT2D eigenvalue weighted by Gasteiger charge is 2.40. The van der Waals surface area contributed by atoms with Crippen LogP contribution in [0.1, 0.15) is 31.9 Å². The Hall–Kier alpha value is -2.17. The lowest BCUT2D eigenvalue weighted by molar-refractivity contribution is -0.112. The smallest absolute Gasteiger partial charge is 0.410 e. The highest BCUT2D eigenvalue weighted by atomic mass is 32.2. The van der Waals surface area contributed by atoms with E-state index in [-0.39, 0.29) is 37.7 Å². The van der Waals surface area contributed by atoms with Crippen molar-refractivity contribution in [2.45, 2.75) is 51.2 Å². The second-order valence-electron chi connectivity index (χ2n) is 8.49. The van der Waals surface area contributed by atoms with Gasteiger partial charge in [0.25, 0.3) is 0 Å². The molecule has 0 radical (unpaired) electrons. The molecule has 174 valence electrons. The summed E-state index contributed by atoms with van der Waals surface area (Å²) < 4.78 is 44.6. The summed E-state index contributed by atoms with van der Waals surface area (Å²) in [5.74, 6) is 0.578. The molecule has 1 amide bonds. The van der Waals surface area contributed by atoms with Gasteiger partial charge in [0.15, 0.2) is 0 Å². The van der Waals surface area contributed by atoms with E-state index in [0.717, 1.165) is 0 Å². The first-order chi connectivity index (χ1) is 14.4. The van der Waals surface area contributed by atoms with E-state index >= 15 is 0 Å². The molecule has 1 atom stereocenters. The van der Waals surface area contributed by atoms with Crippen LogP contribution in [0.2, 0.25) is 0 Å². The maximum absolute atomic E-state index is 13.6. The fourth-order valence-corrected chi connectivity index (χ4v) is 5.60. The Balaban J connectivity index is 2.35. The molecule has 1 aliphatic heterocycles. The molecule has 1 saturated heterocycles. The minimum Gasteiger partial charge on any atom is -0.497 e. The molecular weight excluding hydrogens is 424 g/mol. The molecule has 1 fully saturated rings. The van der Waals surface area contributed by atoms with E-state index < -0.39 is 27.8 Å². The Morgan fingerprint density at radius 2 is 1.81 bits per heavy atom. The van der Waals surface area contributed by atoms with Crippen molar-refractivity contribution in [1.82, 2.24) is 9.21 Å². The van der Waals surface area contributed by atoms with Crippen LogP contribution in [0, 0.1) is 13.8 Å². The largest absolute Gasteiger partial charge is 0.497 e. The predicted molar refractivity (Wildman–Crippen MR) is 115 cm³/mol.